The number of benzene rings is 3. The standard InChI is InChI=1S/C23H18ClFN2OS2/c24-19-7-4-8-20-22(19)26-23(30-20)27(15-16-5-2-1-3-6-16)21(28)13-14-29-18-11-9-17(25)10-12-18/h1-12H,13-15H2. The van der Waals surface area contributed by atoms with E-state index in [1.807, 2.05) is 42.5 Å². The summed E-state index contributed by atoms with van der Waals surface area (Å²) in [7, 11) is 0. The third-order valence-corrected chi connectivity index (χ3v) is 6.83. The van der Waals surface area contributed by atoms with Gasteiger partial charge in [-0.3, -0.25) is 9.69 Å². The fourth-order valence-corrected chi connectivity index (χ4v) is 5.09. The first-order chi connectivity index (χ1) is 14.6. The molecule has 0 radical (unpaired) electrons. The largest absolute Gasteiger partial charge is 0.284 e. The highest BCUT2D eigenvalue weighted by Crippen LogP contribution is 2.34. The van der Waals surface area contributed by atoms with Crippen LogP contribution in [0.1, 0.15) is 12.0 Å². The Balaban J connectivity index is 1.53. The number of fused-ring (bicyclic) bond motifs is 1. The van der Waals surface area contributed by atoms with E-state index in [4.69, 9.17) is 11.6 Å². The van der Waals surface area contributed by atoms with Gasteiger partial charge in [-0.2, -0.15) is 0 Å². The Bertz CT molecular complexity index is 1150. The van der Waals surface area contributed by atoms with Crippen LogP contribution < -0.4 is 4.90 Å². The van der Waals surface area contributed by atoms with Crippen molar-refractivity contribution in [3.05, 3.63) is 89.2 Å². The molecular formula is C23H18ClFN2OS2. The summed E-state index contributed by atoms with van der Waals surface area (Å²) in [4.78, 5) is 20.4. The van der Waals surface area contributed by atoms with Gasteiger partial charge in [0, 0.05) is 17.1 Å². The molecule has 30 heavy (non-hydrogen) atoms. The maximum Gasteiger partial charge on any atom is 0.229 e. The second-order valence-corrected chi connectivity index (χ2v) is 9.19. The van der Waals surface area contributed by atoms with E-state index in [2.05, 4.69) is 4.98 Å². The van der Waals surface area contributed by atoms with Crippen LogP contribution in [-0.2, 0) is 11.3 Å². The van der Waals surface area contributed by atoms with Crippen LogP contribution in [0.15, 0.2) is 77.7 Å². The summed E-state index contributed by atoms with van der Waals surface area (Å²) in [5.74, 6) is 0.323. The highest BCUT2D eigenvalue weighted by Gasteiger charge is 2.20. The number of thiazole rings is 1. The molecule has 0 spiro atoms. The number of para-hydroxylation sites is 1. The monoisotopic (exact) mass is 456 g/mol. The molecule has 4 rings (SSSR count). The molecule has 0 fully saturated rings. The van der Waals surface area contributed by atoms with Gasteiger partial charge in [-0.1, -0.05) is 59.3 Å². The third kappa shape index (κ3) is 5.01. The zero-order chi connectivity index (χ0) is 20.9. The molecule has 1 heterocycles. The highest BCUT2D eigenvalue weighted by atomic mass is 35.5. The van der Waals surface area contributed by atoms with Crippen molar-refractivity contribution in [2.45, 2.75) is 17.9 Å². The maximum atomic E-state index is 13.1. The predicted octanol–water partition coefficient (Wildman–Crippen LogP) is 6.80. The van der Waals surface area contributed by atoms with Crippen molar-refractivity contribution in [1.82, 2.24) is 4.98 Å². The summed E-state index contributed by atoms with van der Waals surface area (Å²) >= 11 is 9.28. The number of carbonyl (C=O) groups excluding carboxylic acids is 1. The second kappa shape index (κ2) is 9.60. The van der Waals surface area contributed by atoms with Crippen molar-refractivity contribution >= 4 is 56.0 Å². The predicted molar refractivity (Wildman–Crippen MR) is 124 cm³/mol. The van der Waals surface area contributed by atoms with Crippen LogP contribution in [0, 0.1) is 5.82 Å². The summed E-state index contributed by atoms with van der Waals surface area (Å²) < 4.78 is 14.0. The molecule has 0 saturated heterocycles. The molecule has 0 aliphatic heterocycles. The van der Waals surface area contributed by atoms with Crippen molar-refractivity contribution in [3.8, 4) is 0 Å². The molecule has 0 aliphatic carbocycles. The number of rotatable bonds is 7. The summed E-state index contributed by atoms with van der Waals surface area (Å²) in [6.45, 7) is 0.443. The van der Waals surface area contributed by atoms with E-state index in [1.165, 1.54) is 35.2 Å². The highest BCUT2D eigenvalue weighted by molar-refractivity contribution is 7.99. The molecule has 152 valence electrons. The van der Waals surface area contributed by atoms with Crippen LogP contribution in [0.2, 0.25) is 5.02 Å². The van der Waals surface area contributed by atoms with Gasteiger partial charge in [-0.15, -0.1) is 11.8 Å². The van der Waals surface area contributed by atoms with Crippen LogP contribution >= 0.6 is 34.7 Å². The lowest BCUT2D eigenvalue weighted by molar-refractivity contribution is -0.118. The second-order valence-electron chi connectivity index (χ2n) is 6.60. The molecule has 0 bridgehead atoms. The summed E-state index contributed by atoms with van der Waals surface area (Å²) in [5, 5.41) is 1.22. The molecular weight excluding hydrogens is 439 g/mol. The van der Waals surface area contributed by atoms with Gasteiger partial charge in [-0.25, -0.2) is 9.37 Å². The Kier molecular flexibility index (Phi) is 6.67. The van der Waals surface area contributed by atoms with Gasteiger partial charge in [0.2, 0.25) is 5.91 Å². The van der Waals surface area contributed by atoms with Gasteiger partial charge in [0.25, 0.3) is 0 Å². The van der Waals surface area contributed by atoms with Crippen molar-refractivity contribution < 1.29 is 9.18 Å². The molecule has 1 aromatic heterocycles. The van der Waals surface area contributed by atoms with Gasteiger partial charge >= 0.3 is 0 Å². The topological polar surface area (TPSA) is 33.2 Å². The van der Waals surface area contributed by atoms with E-state index in [-0.39, 0.29) is 11.7 Å². The van der Waals surface area contributed by atoms with E-state index >= 15 is 0 Å². The summed E-state index contributed by atoms with van der Waals surface area (Å²) in [5.41, 5.74) is 1.74. The lowest BCUT2D eigenvalue weighted by atomic mass is 10.2. The molecule has 1 amide bonds. The number of hydrogen-bond donors (Lipinski definition) is 0. The van der Waals surface area contributed by atoms with Gasteiger partial charge in [0.15, 0.2) is 5.13 Å². The fourth-order valence-electron chi connectivity index (χ4n) is 2.97. The maximum absolute atomic E-state index is 13.1. The van der Waals surface area contributed by atoms with Crippen LogP contribution in [0.4, 0.5) is 9.52 Å². The molecule has 3 nitrogen and oxygen atoms in total. The zero-order valence-electron chi connectivity index (χ0n) is 15.9. The molecule has 0 unspecified atom stereocenters. The number of thioether (sulfide) groups is 1. The number of anilines is 1. The number of hydrogen-bond acceptors (Lipinski definition) is 4. The van der Waals surface area contributed by atoms with Crippen LogP contribution in [0.25, 0.3) is 10.2 Å². The Hall–Kier alpha value is -2.41. The molecule has 3 aromatic carbocycles. The molecule has 0 aliphatic rings. The first kappa shape index (κ1) is 20.8. The average Bonchev–Trinajstić information content (AvgIpc) is 3.19. The van der Waals surface area contributed by atoms with Gasteiger partial charge < -0.3 is 0 Å². The van der Waals surface area contributed by atoms with E-state index < -0.39 is 0 Å². The van der Waals surface area contributed by atoms with Crippen LogP contribution in [-0.4, -0.2) is 16.6 Å². The number of aromatic nitrogens is 1. The van der Waals surface area contributed by atoms with E-state index in [0.29, 0.717) is 34.4 Å². The van der Waals surface area contributed by atoms with Crippen molar-refractivity contribution in [1.29, 1.82) is 0 Å². The quantitative estimate of drug-likeness (QED) is 0.286. The summed E-state index contributed by atoms with van der Waals surface area (Å²) in [6, 6.07) is 21.8. The Morgan fingerprint density at radius 3 is 2.53 bits per heavy atom. The number of amides is 1. The normalized spacial score (nSPS) is 11.0. The molecule has 4 aromatic rings. The Morgan fingerprint density at radius 1 is 1.03 bits per heavy atom. The van der Waals surface area contributed by atoms with E-state index in [1.54, 1.807) is 23.1 Å². The Morgan fingerprint density at radius 2 is 1.80 bits per heavy atom. The smallest absolute Gasteiger partial charge is 0.229 e. The van der Waals surface area contributed by atoms with Crippen molar-refractivity contribution in [3.63, 3.8) is 0 Å². The minimum Gasteiger partial charge on any atom is -0.284 e. The fraction of sp³-hybridized carbons (Fsp3) is 0.130. The molecule has 7 heteroatoms. The van der Waals surface area contributed by atoms with E-state index in [9.17, 15) is 9.18 Å². The summed E-state index contributed by atoms with van der Waals surface area (Å²) in [6.07, 6.45) is 0.346. The Labute approximate surface area is 187 Å². The van der Waals surface area contributed by atoms with Crippen molar-refractivity contribution in [2.24, 2.45) is 0 Å². The zero-order valence-corrected chi connectivity index (χ0v) is 18.3. The first-order valence-electron chi connectivity index (χ1n) is 9.38. The van der Waals surface area contributed by atoms with Crippen molar-refractivity contribution in [2.75, 3.05) is 10.7 Å². The average molecular weight is 457 g/mol. The van der Waals surface area contributed by atoms with Gasteiger partial charge in [0.1, 0.15) is 11.3 Å². The van der Waals surface area contributed by atoms with Gasteiger partial charge in [-0.05, 0) is 42.0 Å². The third-order valence-electron chi connectivity index (χ3n) is 4.47. The van der Waals surface area contributed by atoms with E-state index in [0.717, 1.165) is 15.2 Å². The number of halogens is 2. The SMILES string of the molecule is O=C(CCSc1ccc(F)cc1)N(Cc1ccccc1)c1nc2c(Cl)cccc2s1. The molecule has 0 N–H and O–H groups in total. The van der Waals surface area contributed by atoms with Gasteiger partial charge in [0.05, 0.1) is 16.3 Å². The number of carbonyl (C=O) groups is 1. The minimum atomic E-state index is -0.265. The molecule has 0 saturated carbocycles. The first-order valence-corrected chi connectivity index (χ1v) is 11.6. The van der Waals surface area contributed by atoms with Crippen LogP contribution in [0.3, 0.4) is 0 Å². The molecule has 0 atom stereocenters. The van der Waals surface area contributed by atoms with Crippen LogP contribution in [0.5, 0.6) is 0 Å². The lowest BCUT2D eigenvalue weighted by Gasteiger charge is -2.20. The minimum absolute atomic E-state index is 0.0105. The number of nitrogens with zero attached hydrogens (tertiary/aromatic N) is 2. The lowest BCUT2D eigenvalue weighted by Crippen LogP contribution is -2.30.